The average molecular weight is 320 g/mol. The molecule has 0 fully saturated rings. The Hall–Kier alpha value is -3.03. The third kappa shape index (κ3) is 4.00. The molecule has 23 heavy (non-hydrogen) atoms. The molecule has 0 aliphatic rings. The Balaban J connectivity index is 2.36. The largest absolute Gasteiger partial charge is 0.506 e. The van der Waals surface area contributed by atoms with Crippen molar-refractivity contribution in [1.82, 2.24) is 5.16 Å². The number of anilines is 1. The molecule has 2 aromatic rings. The number of aromatic nitrogens is 1. The maximum Gasteiger partial charge on any atom is 0.412 e. The minimum Gasteiger partial charge on any atom is -0.506 e. The number of ether oxygens (including phenoxy) is 1. The molecule has 0 atom stereocenters. The number of carbonyl (C=O) groups excluding carboxylic acids is 1. The van der Waals surface area contributed by atoms with Crippen LogP contribution in [-0.2, 0) is 4.74 Å². The highest BCUT2D eigenvalue weighted by Gasteiger charge is 2.21. The number of benzene rings is 1. The van der Waals surface area contributed by atoms with Crippen molar-refractivity contribution in [2.75, 3.05) is 5.32 Å². The summed E-state index contributed by atoms with van der Waals surface area (Å²) in [5, 5.41) is 24.7. The fraction of sp³-hybridized carbons (Fsp3) is 0.267. The second-order valence-corrected chi connectivity index (χ2v) is 5.71. The van der Waals surface area contributed by atoms with E-state index in [1.807, 2.05) is 0 Å². The third-order valence-electron chi connectivity index (χ3n) is 2.66. The van der Waals surface area contributed by atoms with Crippen LogP contribution in [0.3, 0.4) is 0 Å². The first-order valence-corrected chi connectivity index (χ1v) is 6.70. The summed E-state index contributed by atoms with van der Waals surface area (Å²) in [6.45, 7) is 5.11. The summed E-state index contributed by atoms with van der Waals surface area (Å²) in [6.07, 6.45) is -0.766. The summed E-state index contributed by atoms with van der Waals surface area (Å²) in [5.41, 5.74) is -0.686. The first kappa shape index (κ1) is 16.3. The summed E-state index contributed by atoms with van der Waals surface area (Å²) in [7, 11) is 0. The van der Waals surface area contributed by atoms with Gasteiger partial charge >= 0.3 is 12.1 Å². The van der Waals surface area contributed by atoms with E-state index in [1.54, 1.807) is 26.8 Å². The van der Waals surface area contributed by atoms with Crippen LogP contribution in [0.1, 0.15) is 31.3 Å². The second-order valence-electron chi connectivity index (χ2n) is 5.71. The zero-order chi connectivity index (χ0) is 17.2. The van der Waals surface area contributed by atoms with Crippen molar-refractivity contribution in [2.45, 2.75) is 26.4 Å². The fourth-order valence-corrected chi connectivity index (χ4v) is 1.79. The standard InChI is InChI=1S/C15H16N2O6/c1-15(2,3)22-14(21)16-12-8(5-4-6-10(12)18)11-7-9(13(19)20)17-23-11/h4-7,18H,1-3H3,(H,16,21)(H,19,20). The van der Waals surface area contributed by atoms with Crippen LogP contribution in [0.5, 0.6) is 5.75 Å². The van der Waals surface area contributed by atoms with Crippen molar-refractivity contribution in [3.05, 3.63) is 30.0 Å². The molecule has 8 nitrogen and oxygen atoms in total. The van der Waals surface area contributed by atoms with Crippen molar-refractivity contribution in [3.8, 4) is 17.1 Å². The van der Waals surface area contributed by atoms with Crippen molar-refractivity contribution in [3.63, 3.8) is 0 Å². The normalized spacial score (nSPS) is 11.1. The molecule has 122 valence electrons. The number of aromatic carboxylic acids is 1. The number of carboxylic acids is 1. The monoisotopic (exact) mass is 320 g/mol. The molecule has 1 amide bonds. The number of hydrogen-bond donors (Lipinski definition) is 3. The molecule has 0 saturated heterocycles. The summed E-state index contributed by atoms with van der Waals surface area (Å²) in [6, 6.07) is 5.62. The molecule has 0 spiro atoms. The van der Waals surface area contributed by atoms with Gasteiger partial charge in [-0.05, 0) is 32.9 Å². The van der Waals surface area contributed by atoms with E-state index in [-0.39, 0.29) is 28.5 Å². The van der Waals surface area contributed by atoms with Crippen molar-refractivity contribution in [1.29, 1.82) is 0 Å². The van der Waals surface area contributed by atoms with Gasteiger partial charge in [-0.3, -0.25) is 5.32 Å². The Kier molecular flexibility index (Phi) is 4.26. The van der Waals surface area contributed by atoms with Crippen LogP contribution in [0, 0.1) is 0 Å². The molecule has 0 radical (unpaired) electrons. The Morgan fingerprint density at radius 3 is 2.57 bits per heavy atom. The first-order valence-electron chi connectivity index (χ1n) is 6.70. The van der Waals surface area contributed by atoms with E-state index in [1.165, 1.54) is 18.2 Å². The van der Waals surface area contributed by atoms with Gasteiger partial charge in [0, 0.05) is 11.6 Å². The number of aromatic hydroxyl groups is 1. The highest BCUT2D eigenvalue weighted by atomic mass is 16.6. The van der Waals surface area contributed by atoms with Crippen LogP contribution >= 0.6 is 0 Å². The molecule has 0 aliphatic heterocycles. The highest BCUT2D eigenvalue weighted by Crippen LogP contribution is 2.35. The molecule has 1 aromatic heterocycles. The van der Waals surface area contributed by atoms with Crippen molar-refractivity contribution in [2.24, 2.45) is 0 Å². The lowest BCUT2D eigenvalue weighted by Gasteiger charge is -2.20. The topological polar surface area (TPSA) is 122 Å². The van der Waals surface area contributed by atoms with Gasteiger partial charge in [-0.2, -0.15) is 0 Å². The summed E-state index contributed by atoms with van der Waals surface area (Å²) < 4.78 is 10.1. The minimum atomic E-state index is -1.25. The number of hydrogen-bond acceptors (Lipinski definition) is 6. The van der Waals surface area contributed by atoms with Gasteiger partial charge in [0.25, 0.3) is 0 Å². The number of nitrogens with one attached hydrogen (secondary N) is 1. The Bertz CT molecular complexity index is 745. The summed E-state index contributed by atoms with van der Waals surface area (Å²) in [4.78, 5) is 22.8. The lowest BCUT2D eigenvalue weighted by molar-refractivity contribution is 0.0633. The number of carboxylic acid groups (broad SMARTS) is 1. The number of rotatable bonds is 3. The summed E-state index contributed by atoms with van der Waals surface area (Å²) in [5.74, 6) is -1.38. The molecular weight excluding hydrogens is 304 g/mol. The smallest absolute Gasteiger partial charge is 0.412 e. The predicted molar refractivity (Wildman–Crippen MR) is 80.4 cm³/mol. The van der Waals surface area contributed by atoms with E-state index in [4.69, 9.17) is 14.4 Å². The molecule has 0 bridgehead atoms. The van der Waals surface area contributed by atoms with Gasteiger partial charge in [0.2, 0.25) is 0 Å². The number of nitrogens with zero attached hydrogens (tertiary/aromatic N) is 1. The van der Waals surface area contributed by atoms with Crippen molar-refractivity contribution < 1.29 is 29.1 Å². The van der Waals surface area contributed by atoms with Gasteiger partial charge in [0.05, 0.1) is 5.69 Å². The van der Waals surface area contributed by atoms with Crippen LogP contribution in [0.2, 0.25) is 0 Å². The Labute approximate surface area is 131 Å². The van der Waals surface area contributed by atoms with E-state index >= 15 is 0 Å². The molecule has 3 N–H and O–H groups in total. The third-order valence-corrected chi connectivity index (χ3v) is 2.66. The zero-order valence-electron chi connectivity index (χ0n) is 12.8. The second kappa shape index (κ2) is 5.99. The quantitative estimate of drug-likeness (QED) is 0.743. The van der Waals surface area contributed by atoms with E-state index in [9.17, 15) is 14.7 Å². The lowest BCUT2D eigenvalue weighted by Crippen LogP contribution is -2.27. The van der Waals surface area contributed by atoms with Gasteiger partial charge in [-0.25, -0.2) is 9.59 Å². The van der Waals surface area contributed by atoms with Crippen molar-refractivity contribution >= 4 is 17.7 Å². The van der Waals surface area contributed by atoms with E-state index < -0.39 is 17.7 Å². The lowest BCUT2D eigenvalue weighted by atomic mass is 10.1. The molecule has 1 heterocycles. The fourth-order valence-electron chi connectivity index (χ4n) is 1.79. The zero-order valence-corrected chi connectivity index (χ0v) is 12.8. The SMILES string of the molecule is CC(C)(C)OC(=O)Nc1c(O)cccc1-c1cc(C(=O)O)no1. The molecule has 0 unspecified atom stereocenters. The van der Waals surface area contributed by atoms with Crippen LogP contribution in [0.15, 0.2) is 28.8 Å². The molecule has 2 rings (SSSR count). The molecule has 0 aliphatic carbocycles. The van der Waals surface area contributed by atoms with Crippen LogP contribution in [0.25, 0.3) is 11.3 Å². The van der Waals surface area contributed by atoms with Gasteiger partial charge < -0.3 is 19.5 Å². The van der Waals surface area contributed by atoms with E-state index in [2.05, 4.69) is 10.5 Å². The van der Waals surface area contributed by atoms with Gasteiger partial charge in [-0.1, -0.05) is 11.2 Å². The molecular formula is C15H16N2O6. The summed E-state index contributed by atoms with van der Waals surface area (Å²) >= 11 is 0. The van der Waals surface area contributed by atoms with Crippen LogP contribution in [-0.4, -0.2) is 33.0 Å². The van der Waals surface area contributed by atoms with Gasteiger partial charge in [0.15, 0.2) is 11.5 Å². The number of carbonyl (C=O) groups is 2. The number of phenolic OH excluding ortho intramolecular Hbond substituents is 1. The average Bonchev–Trinajstić information content (AvgIpc) is 2.88. The Morgan fingerprint density at radius 1 is 1.30 bits per heavy atom. The van der Waals surface area contributed by atoms with Crippen LogP contribution < -0.4 is 5.32 Å². The molecule has 1 aromatic carbocycles. The highest BCUT2D eigenvalue weighted by molar-refractivity contribution is 5.94. The molecule has 8 heteroatoms. The number of amides is 1. The van der Waals surface area contributed by atoms with Gasteiger partial charge in [0.1, 0.15) is 11.4 Å². The predicted octanol–water partition coefficient (Wildman–Crippen LogP) is 3.09. The van der Waals surface area contributed by atoms with Gasteiger partial charge in [-0.15, -0.1) is 0 Å². The maximum absolute atomic E-state index is 11.9. The van der Waals surface area contributed by atoms with Crippen LogP contribution in [0.4, 0.5) is 10.5 Å². The minimum absolute atomic E-state index is 0.0369. The number of phenols is 1. The maximum atomic E-state index is 11.9. The molecule has 0 saturated carbocycles. The Morgan fingerprint density at radius 2 is 2.00 bits per heavy atom. The number of para-hydroxylation sites is 1. The first-order chi connectivity index (χ1) is 10.7. The van der Waals surface area contributed by atoms with E-state index in [0.717, 1.165) is 0 Å². The van der Waals surface area contributed by atoms with E-state index in [0.29, 0.717) is 0 Å².